The largest absolute Gasteiger partial charge is 0.312 e. The Morgan fingerprint density at radius 3 is 2.38 bits per heavy atom. The molecule has 1 aromatic heterocycles. The summed E-state index contributed by atoms with van der Waals surface area (Å²) >= 11 is 3.77. The van der Waals surface area contributed by atoms with E-state index in [1.807, 2.05) is 0 Å². The molecular formula is C17H32BrN3. The third-order valence-electron chi connectivity index (χ3n) is 3.79. The molecule has 3 nitrogen and oxygen atoms in total. The molecule has 1 aromatic rings. The average molecular weight is 358 g/mol. The van der Waals surface area contributed by atoms with Gasteiger partial charge in [-0.2, -0.15) is 5.10 Å². The number of rotatable bonds is 8. The third-order valence-corrected chi connectivity index (χ3v) is 4.71. The van der Waals surface area contributed by atoms with Gasteiger partial charge in [-0.1, -0.05) is 20.3 Å². The smallest absolute Gasteiger partial charge is 0.0766 e. The van der Waals surface area contributed by atoms with Crippen molar-refractivity contribution < 1.29 is 0 Å². The maximum Gasteiger partial charge on any atom is 0.0766 e. The molecule has 0 spiro atoms. The van der Waals surface area contributed by atoms with E-state index >= 15 is 0 Å². The molecule has 0 aliphatic carbocycles. The van der Waals surface area contributed by atoms with Gasteiger partial charge in [0.1, 0.15) is 0 Å². The summed E-state index contributed by atoms with van der Waals surface area (Å²) in [6.07, 6.45) is 4.57. The van der Waals surface area contributed by atoms with E-state index in [0.29, 0.717) is 5.92 Å². The van der Waals surface area contributed by atoms with E-state index in [1.54, 1.807) is 0 Å². The Morgan fingerprint density at radius 1 is 1.24 bits per heavy atom. The lowest BCUT2D eigenvalue weighted by Gasteiger charge is -2.25. The fraction of sp³-hybridized carbons (Fsp3) is 0.824. The molecule has 1 heterocycles. The van der Waals surface area contributed by atoms with Crippen LogP contribution in [0.15, 0.2) is 4.47 Å². The van der Waals surface area contributed by atoms with E-state index in [4.69, 9.17) is 5.10 Å². The number of aryl methyl sites for hydroxylation is 2. The summed E-state index contributed by atoms with van der Waals surface area (Å²) in [6.45, 7) is 15.3. The fourth-order valence-corrected chi connectivity index (χ4v) is 3.35. The van der Waals surface area contributed by atoms with Crippen molar-refractivity contribution in [3.8, 4) is 0 Å². The zero-order valence-electron chi connectivity index (χ0n) is 14.6. The lowest BCUT2D eigenvalue weighted by atomic mass is 9.96. The first-order valence-corrected chi connectivity index (χ1v) is 9.10. The number of hydrogen-bond acceptors (Lipinski definition) is 2. The van der Waals surface area contributed by atoms with Crippen LogP contribution in [0.2, 0.25) is 0 Å². The highest BCUT2D eigenvalue weighted by Crippen LogP contribution is 2.26. The highest BCUT2D eigenvalue weighted by atomic mass is 79.9. The monoisotopic (exact) mass is 357 g/mol. The number of aromatic nitrogens is 2. The second-order valence-electron chi connectivity index (χ2n) is 6.87. The predicted molar refractivity (Wildman–Crippen MR) is 94.8 cm³/mol. The zero-order chi connectivity index (χ0) is 16.0. The molecule has 0 aliphatic rings. The minimum Gasteiger partial charge on any atom is -0.312 e. The van der Waals surface area contributed by atoms with Crippen molar-refractivity contribution in [2.75, 3.05) is 6.54 Å². The maximum absolute atomic E-state index is 4.72. The van der Waals surface area contributed by atoms with E-state index in [0.717, 1.165) is 25.9 Å². The summed E-state index contributed by atoms with van der Waals surface area (Å²) in [5, 5.41) is 8.38. The molecule has 122 valence electrons. The summed E-state index contributed by atoms with van der Waals surface area (Å²) in [5.41, 5.74) is 2.73. The fourth-order valence-electron chi connectivity index (χ4n) is 2.62. The van der Waals surface area contributed by atoms with Gasteiger partial charge in [0.15, 0.2) is 0 Å². The Hall–Kier alpha value is -0.350. The van der Waals surface area contributed by atoms with Crippen LogP contribution in [0.4, 0.5) is 0 Å². The molecule has 0 amide bonds. The molecule has 0 aliphatic heterocycles. The van der Waals surface area contributed by atoms with E-state index in [9.17, 15) is 0 Å². The van der Waals surface area contributed by atoms with Gasteiger partial charge in [-0.3, -0.25) is 4.68 Å². The summed E-state index contributed by atoms with van der Waals surface area (Å²) < 4.78 is 3.39. The Morgan fingerprint density at radius 2 is 1.90 bits per heavy atom. The van der Waals surface area contributed by atoms with E-state index in [2.05, 4.69) is 67.5 Å². The van der Waals surface area contributed by atoms with Crippen LogP contribution in [0.25, 0.3) is 0 Å². The van der Waals surface area contributed by atoms with Gasteiger partial charge in [0, 0.05) is 12.1 Å². The molecule has 0 radical (unpaired) electrons. The van der Waals surface area contributed by atoms with E-state index in [1.165, 1.54) is 28.7 Å². The maximum atomic E-state index is 4.72. The van der Waals surface area contributed by atoms with Crippen LogP contribution in [-0.4, -0.2) is 21.9 Å². The molecule has 4 heteroatoms. The molecule has 21 heavy (non-hydrogen) atoms. The molecular weight excluding hydrogens is 326 g/mol. The van der Waals surface area contributed by atoms with Crippen molar-refractivity contribution in [2.24, 2.45) is 5.92 Å². The topological polar surface area (TPSA) is 29.9 Å². The summed E-state index contributed by atoms with van der Waals surface area (Å²) in [6, 6.07) is 0. The Kier molecular flexibility index (Phi) is 7.41. The zero-order valence-corrected chi connectivity index (χ0v) is 16.2. The highest BCUT2D eigenvalue weighted by molar-refractivity contribution is 9.10. The van der Waals surface area contributed by atoms with Crippen molar-refractivity contribution in [3.63, 3.8) is 0 Å². The van der Waals surface area contributed by atoms with Crippen molar-refractivity contribution in [3.05, 3.63) is 15.9 Å². The molecule has 1 unspecified atom stereocenters. The summed E-state index contributed by atoms with van der Waals surface area (Å²) in [5.74, 6) is 0.664. The average Bonchev–Trinajstić information content (AvgIpc) is 2.72. The van der Waals surface area contributed by atoms with Gasteiger partial charge < -0.3 is 5.32 Å². The van der Waals surface area contributed by atoms with Gasteiger partial charge in [0.05, 0.1) is 15.9 Å². The molecule has 0 bridgehead atoms. The molecule has 1 atom stereocenters. The standard InChI is InChI=1S/C17H32BrN3/c1-7-10-13(12-19-17(4,5)6)11-15-16(18)14(8-2)20-21(15)9-3/h13,19H,7-12H2,1-6H3. The number of hydrogen-bond donors (Lipinski definition) is 1. The molecule has 0 saturated carbocycles. The van der Waals surface area contributed by atoms with Gasteiger partial charge in [-0.15, -0.1) is 0 Å². The van der Waals surface area contributed by atoms with Gasteiger partial charge in [0.2, 0.25) is 0 Å². The second kappa shape index (κ2) is 8.33. The van der Waals surface area contributed by atoms with E-state index < -0.39 is 0 Å². The molecule has 1 N–H and O–H groups in total. The minimum atomic E-state index is 0.183. The van der Waals surface area contributed by atoms with Crippen LogP contribution in [0.3, 0.4) is 0 Å². The van der Waals surface area contributed by atoms with Crippen molar-refractivity contribution >= 4 is 15.9 Å². The number of nitrogens with zero attached hydrogens (tertiary/aromatic N) is 2. The van der Waals surface area contributed by atoms with Crippen molar-refractivity contribution in [1.82, 2.24) is 15.1 Å². The lowest BCUT2D eigenvalue weighted by Crippen LogP contribution is -2.39. The van der Waals surface area contributed by atoms with Crippen LogP contribution in [-0.2, 0) is 19.4 Å². The first-order valence-electron chi connectivity index (χ1n) is 8.31. The van der Waals surface area contributed by atoms with Gasteiger partial charge in [0.25, 0.3) is 0 Å². The van der Waals surface area contributed by atoms with Crippen LogP contribution < -0.4 is 5.32 Å². The second-order valence-corrected chi connectivity index (χ2v) is 7.66. The van der Waals surface area contributed by atoms with E-state index in [-0.39, 0.29) is 5.54 Å². The van der Waals surface area contributed by atoms with Gasteiger partial charge in [-0.25, -0.2) is 0 Å². The minimum absolute atomic E-state index is 0.183. The predicted octanol–water partition coefficient (Wildman–Crippen LogP) is 4.57. The van der Waals surface area contributed by atoms with Crippen LogP contribution in [0.5, 0.6) is 0 Å². The first-order chi connectivity index (χ1) is 9.82. The van der Waals surface area contributed by atoms with Gasteiger partial charge >= 0.3 is 0 Å². The molecule has 1 rings (SSSR count). The van der Waals surface area contributed by atoms with Crippen LogP contribution >= 0.6 is 15.9 Å². The Labute approximate surface area is 139 Å². The van der Waals surface area contributed by atoms with Crippen LogP contribution in [0, 0.1) is 5.92 Å². The van der Waals surface area contributed by atoms with Crippen molar-refractivity contribution in [1.29, 1.82) is 0 Å². The van der Waals surface area contributed by atoms with Crippen LogP contribution in [0.1, 0.15) is 65.8 Å². The van der Waals surface area contributed by atoms with Gasteiger partial charge in [-0.05, 0) is 75.4 Å². The molecule has 0 fully saturated rings. The number of nitrogens with one attached hydrogen (secondary N) is 1. The first kappa shape index (κ1) is 18.7. The normalized spacial score (nSPS) is 13.7. The quantitative estimate of drug-likeness (QED) is 0.737. The SMILES string of the molecule is CCCC(CNC(C)(C)C)Cc1c(Br)c(CC)nn1CC. The number of halogens is 1. The highest BCUT2D eigenvalue weighted by Gasteiger charge is 2.20. The third kappa shape index (κ3) is 5.74. The molecule has 0 aromatic carbocycles. The lowest BCUT2D eigenvalue weighted by molar-refractivity contribution is 0.350. The summed E-state index contributed by atoms with van der Waals surface area (Å²) in [4.78, 5) is 0. The Bertz CT molecular complexity index is 432. The molecule has 0 saturated heterocycles. The summed E-state index contributed by atoms with van der Waals surface area (Å²) in [7, 11) is 0. The van der Waals surface area contributed by atoms with Crippen molar-refractivity contribution in [2.45, 2.75) is 79.3 Å². The Balaban J connectivity index is 2.85.